The number of likely N-dealkylation sites (tertiary alicyclic amines) is 1. The van der Waals surface area contributed by atoms with Gasteiger partial charge in [0.15, 0.2) is 0 Å². The number of nitrogens with zero attached hydrogens (tertiary/aromatic N) is 2. The van der Waals surface area contributed by atoms with Crippen molar-refractivity contribution in [2.24, 2.45) is 11.3 Å². The van der Waals surface area contributed by atoms with Gasteiger partial charge in [-0.1, -0.05) is 26.8 Å². The maximum Gasteiger partial charge on any atom is 0.408 e. The predicted molar refractivity (Wildman–Crippen MR) is 187 cm³/mol. The highest BCUT2D eigenvalue weighted by Crippen LogP contribution is 2.45. The molecule has 2 heterocycles. The van der Waals surface area contributed by atoms with E-state index in [-0.39, 0.29) is 25.3 Å². The van der Waals surface area contributed by atoms with E-state index in [0.29, 0.717) is 11.1 Å². The highest BCUT2D eigenvalue weighted by Gasteiger charge is 2.61. The second-order valence-corrected chi connectivity index (χ2v) is 17.4. The molecule has 2 aromatic rings. The van der Waals surface area contributed by atoms with Crippen LogP contribution < -0.4 is 24.8 Å². The van der Waals surface area contributed by atoms with Gasteiger partial charge in [-0.25, -0.2) is 18.2 Å². The normalized spacial score (nSPS) is 22.8. The van der Waals surface area contributed by atoms with E-state index >= 15 is 0 Å². The second-order valence-electron chi connectivity index (χ2n) is 15.2. The molecule has 3 N–H and O–H groups in total. The number of benzene rings is 1. The molecule has 1 unspecified atom stereocenters. The molecule has 14 nitrogen and oxygen atoms in total. The van der Waals surface area contributed by atoms with Crippen LogP contribution >= 0.6 is 0 Å². The summed E-state index contributed by atoms with van der Waals surface area (Å²) in [6, 6.07) is 4.92. The number of ether oxygens (including phenoxy) is 3. The predicted octanol–water partition coefficient (Wildman–Crippen LogP) is 3.45. The van der Waals surface area contributed by atoms with Gasteiger partial charge >= 0.3 is 6.09 Å². The van der Waals surface area contributed by atoms with Crippen molar-refractivity contribution in [2.45, 2.75) is 103 Å². The molecule has 274 valence electrons. The van der Waals surface area contributed by atoms with Crippen LogP contribution in [0, 0.1) is 11.3 Å². The maximum atomic E-state index is 14.4. The molecular formula is C35H49N5O9S. The van der Waals surface area contributed by atoms with E-state index in [1.54, 1.807) is 73.0 Å². The Labute approximate surface area is 293 Å². The van der Waals surface area contributed by atoms with Gasteiger partial charge in [0, 0.05) is 23.9 Å². The summed E-state index contributed by atoms with van der Waals surface area (Å²) in [6.07, 6.45) is 1.66. The van der Waals surface area contributed by atoms with Crippen molar-refractivity contribution < 1.29 is 41.8 Å². The zero-order valence-corrected chi connectivity index (χ0v) is 31.0. The highest BCUT2D eigenvalue weighted by molar-refractivity contribution is 7.90. The number of amides is 4. The lowest BCUT2D eigenvalue weighted by Gasteiger charge is -2.36. The van der Waals surface area contributed by atoms with Crippen LogP contribution in [0.25, 0.3) is 10.8 Å². The Morgan fingerprint density at radius 3 is 2.34 bits per heavy atom. The van der Waals surface area contributed by atoms with Crippen LogP contribution in [0.15, 0.2) is 43.1 Å². The third-order valence-corrected chi connectivity index (χ3v) is 10.5. The number of alkyl carbamates (subject to hydrolysis) is 1. The van der Waals surface area contributed by atoms with Crippen LogP contribution in [0.5, 0.6) is 11.6 Å². The van der Waals surface area contributed by atoms with Gasteiger partial charge in [0.2, 0.25) is 27.7 Å². The third kappa shape index (κ3) is 8.48. The van der Waals surface area contributed by atoms with E-state index in [4.69, 9.17) is 14.2 Å². The SMILES string of the molecule is C=C[C@@H]1C[C@]1(NC(=O)[C@@H]1CC(Oc2nccc3cc(OC)ccc23)CN1C(=O)[C@@H](NC(=O)OC(C)(C)C)C(C)(C)C)C(=O)NS(=O)(=O)C(C)C. The summed E-state index contributed by atoms with van der Waals surface area (Å²) in [7, 11) is -2.44. The zero-order chi connectivity index (χ0) is 37.4. The molecule has 1 saturated carbocycles. The van der Waals surface area contributed by atoms with Crippen molar-refractivity contribution in [1.29, 1.82) is 0 Å². The molecule has 1 aliphatic carbocycles. The topological polar surface area (TPSA) is 182 Å². The van der Waals surface area contributed by atoms with Gasteiger partial charge in [-0.15, -0.1) is 6.58 Å². The summed E-state index contributed by atoms with van der Waals surface area (Å²) in [4.78, 5) is 60.6. The Balaban J connectivity index is 1.68. The standard InChI is InChI=1S/C35H49N5O9S/c1-11-22-18-35(22,31(43)39-50(45,46)20(2)3)38-28(41)26-17-24(48-29-25-13-12-23(47-10)16-21(25)14-15-36-29)19-40(26)30(42)27(33(4,5)6)37-32(44)49-34(7,8)9/h11-16,20,22,24,26-27H,1,17-19H2,2-10H3,(H,37,44)(H,38,41)(H,39,43)/t22-,24?,26+,27-,35-/m1/s1. The summed E-state index contributed by atoms with van der Waals surface area (Å²) in [6.45, 7) is 17.0. The number of pyridine rings is 1. The van der Waals surface area contributed by atoms with Crippen molar-refractivity contribution in [3.05, 3.63) is 43.1 Å². The van der Waals surface area contributed by atoms with Crippen molar-refractivity contribution in [3.63, 3.8) is 0 Å². The summed E-state index contributed by atoms with van der Waals surface area (Å²) in [5.74, 6) is -1.76. The molecule has 0 spiro atoms. The molecule has 1 saturated heterocycles. The molecule has 50 heavy (non-hydrogen) atoms. The fourth-order valence-electron chi connectivity index (χ4n) is 5.80. The molecule has 2 aliphatic rings. The lowest BCUT2D eigenvalue weighted by molar-refractivity contribution is -0.143. The average molecular weight is 716 g/mol. The number of aromatic nitrogens is 1. The number of fused-ring (bicyclic) bond motifs is 1. The summed E-state index contributed by atoms with van der Waals surface area (Å²) >= 11 is 0. The minimum atomic E-state index is -4.01. The molecule has 0 radical (unpaired) electrons. The van der Waals surface area contributed by atoms with E-state index in [1.165, 1.54) is 24.8 Å². The first-order valence-electron chi connectivity index (χ1n) is 16.5. The van der Waals surface area contributed by atoms with Crippen LogP contribution in [0.2, 0.25) is 0 Å². The van der Waals surface area contributed by atoms with Crippen LogP contribution in [0.1, 0.15) is 68.2 Å². The monoisotopic (exact) mass is 715 g/mol. The Hall–Kier alpha value is -4.40. The van der Waals surface area contributed by atoms with Gasteiger partial charge < -0.3 is 29.7 Å². The number of hydrogen-bond acceptors (Lipinski definition) is 10. The first-order valence-corrected chi connectivity index (χ1v) is 18.1. The molecule has 5 atom stereocenters. The quantitative estimate of drug-likeness (QED) is 0.292. The first-order chi connectivity index (χ1) is 23.1. The number of sulfonamides is 1. The van der Waals surface area contributed by atoms with Crippen molar-refractivity contribution in [3.8, 4) is 11.6 Å². The van der Waals surface area contributed by atoms with E-state index in [2.05, 4.69) is 26.9 Å². The second kappa shape index (κ2) is 14.1. The van der Waals surface area contributed by atoms with Gasteiger partial charge in [-0.3, -0.25) is 19.1 Å². The number of carbonyl (C=O) groups is 4. The maximum absolute atomic E-state index is 14.4. The molecule has 1 aromatic heterocycles. The summed E-state index contributed by atoms with van der Waals surface area (Å²) in [5.41, 5.74) is -3.23. The molecule has 15 heteroatoms. The fraction of sp³-hybridized carbons (Fsp3) is 0.571. The van der Waals surface area contributed by atoms with E-state index in [1.807, 2.05) is 6.07 Å². The largest absolute Gasteiger partial charge is 0.497 e. The number of rotatable bonds is 11. The smallest absolute Gasteiger partial charge is 0.408 e. The van der Waals surface area contributed by atoms with Crippen LogP contribution in [0.4, 0.5) is 4.79 Å². The lowest BCUT2D eigenvalue weighted by Crippen LogP contribution is -2.60. The highest BCUT2D eigenvalue weighted by atomic mass is 32.2. The molecule has 1 aromatic carbocycles. The van der Waals surface area contributed by atoms with Crippen molar-refractivity contribution >= 4 is 44.6 Å². The molecule has 4 amide bonds. The van der Waals surface area contributed by atoms with Gasteiger partial charge in [0.25, 0.3) is 5.91 Å². The Bertz CT molecular complexity index is 1770. The minimum Gasteiger partial charge on any atom is -0.497 e. The Morgan fingerprint density at radius 2 is 1.78 bits per heavy atom. The molecule has 4 rings (SSSR count). The molecule has 2 fully saturated rings. The van der Waals surface area contributed by atoms with E-state index in [9.17, 15) is 27.6 Å². The number of carbonyl (C=O) groups excluding carboxylic acids is 4. The lowest BCUT2D eigenvalue weighted by atomic mass is 9.85. The van der Waals surface area contributed by atoms with Gasteiger partial charge in [0.05, 0.1) is 18.9 Å². The van der Waals surface area contributed by atoms with Crippen LogP contribution in [0.3, 0.4) is 0 Å². The van der Waals surface area contributed by atoms with Gasteiger partial charge in [-0.2, -0.15) is 0 Å². The van der Waals surface area contributed by atoms with Crippen molar-refractivity contribution in [2.75, 3.05) is 13.7 Å². The Kier molecular flexibility index (Phi) is 10.8. The summed E-state index contributed by atoms with van der Waals surface area (Å²) in [5, 5.41) is 6.04. The van der Waals surface area contributed by atoms with Gasteiger partial charge in [-0.05, 0) is 76.1 Å². The van der Waals surface area contributed by atoms with Crippen LogP contribution in [-0.4, -0.2) is 90.3 Å². The molecular weight excluding hydrogens is 666 g/mol. The zero-order valence-electron chi connectivity index (χ0n) is 30.2. The van der Waals surface area contributed by atoms with Crippen LogP contribution in [-0.2, 0) is 29.1 Å². The average Bonchev–Trinajstić information content (AvgIpc) is 3.56. The number of hydrogen-bond donors (Lipinski definition) is 3. The third-order valence-electron chi connectivity index (χ3n) is 8.74. The Morgan fingerprint density at radius 1 is 1.10 bits per heavy atom. The molecule has 1 aliphatic heterocycles. The number of methoxy groups -OCH3 is 1. The van der Waals surface area contributed by atoms with Crippen molar-refractivity contribution in [1.82, 2.24) is 25.2 Å². The fourth-order valence-corrected chi connectivity index (χ4v) is 6.47. The first kappa shape index (κ1) is 38.4. The minimum absolute atomic E-state index is 0.00977. The van der Waals surface area contributed by atoms with E-state index in [0.717, 1.165) is 5.39 Å². The number of nitrogens with one attached hydrogen (secondary N) is 3. The van der Waals surface area contributed by atoms with Gasteiger partial charge in [0.1, 0.15) is 35.1 Å². The molecule has 0 bridgehead atoms. The van der Waals surface area contributed by atoms with E-state index < -0.39 is 79.7 Å². The summed E-state index contributed by atoms with van der Waals surface area (Å²) < 4.78 is 44.4.